The molecular weight excluding hydrogens is 230 g/mol. The number of aliphatic hydroxyl groups excluding tert-OH is 1. The molecule has 0 aromatic rings. The van der Waals surface area contributed by atoms with E-state index in [4.69, 9.17) is 4.74 Å². The molecule has 18 heavy (non-hydrogen) atoms. The maximum Gasteiger partial charge on any atom is 0.307 e. The Morgan fingerprint density at radius 2 is 2.06 bits per heavy atom. The Balaban J connectivity index is 2.35. The molecule has 0 amide bonds. The van der Waals surface area contributed by atoms with E-state index in [9.17, 15) is 9.90 Å². The van der Waals surface area contributed by atoms with Gasteiger partial charge in [-0.2, -0.15) is 0 Å². The predicted octanol–water partition coefficient (Wildman–Crippen LogP) is 1.81. The first-order valence-corrected chi connectivity index (χ1v) is 6.88. The molecular formula is C14H27NO3. The molecule has 1 aliphatic heterocycles. The zero-order chi connectivity index (χ0) is 13.8. The lowest BCUT2D eigenvalue weighted by molar-refractivity contribution is -0.155. The van der Waals surface area contributed by atoms with Gasteiger partial charge in [0.15, 0.2) is 0 Å². The monoisotopic (exact) mass is 257 g/mol. The highest BCUT2D eigenvalue weighted by Crippen LogP contribution is 2.21. The highest BCUT2D eigenvalue weighted by atomic mass is 16.6. The molecule has 0 radical (unpaired) electrons. The molecule has 0 aromatic carbocycles. The normalized spacial score (nSPS) is 26.1. The maximum atomic E-state index is 11.7. The molecule has 1 aliphatic rings. The van der Waals surface area contributed by atoms with Gasteiger partial charge in [-0.25, -0.2) is 0 Å². The van der Waals surface area contributed by atoms with Crippen LogP contribution < -0.4 is 0 Å². The van der Waals surface area contributed by atoms with Crippen molar-refractivity contribution in [2.45, 2.75) is 58.6 Å². The number of likely N-dealkylation sites (tertiary alicyclic amines) is 1. The van der Waals surface area contributed by atoms with E-state index in [0.29, 0.717) is 18.4 Å². The predicted molar refractivity (Wildman–Crippen MR) is 71.3 cm³/mol. The van der Waals surface area contributed by atoms with Gasteiger partial charge in [0.1, 0.15) is 5.60 Å². The van der Waals surface area contributed by atoms with Gasteiger partial charge in [0, 0.05) is 25.7 Å². The molecule has 2 unspecified atom stereocenters. The minimum Gasteiger partial charge on any atom is -0.460 e. The van der Waals surface area contributed by atoms with Gasteiger partial charge < -0.3 is 9.84 Å². The fourth-order valence-corrected chi connectivity index (χ4v) is 2.35. The van der Waals surface area contributed by atoms with Crippen LogP contribution >= 0.6 is 0 Å². The lowest BCUT2D eigenvalue weighted by atomic mass is 9.94. The SMILES string of the molecule is CC1CCC(CO)CN1CCC(=O)OC(C)(C)C. The third-order valence-corrected chi connectivity index (χ3v) is 3.39. The molecule has 0 saturated carbocycles. The first-order chi connectivity index (χ1) is 8.31. The Morgan fingerprint density at radius 1 is 1.39 bits per heavy atom. The molecule has 0 spiro atoms. The van der Waals surface area contributed by atoms with E-state index in [0.717, 1.165) is 25.9 Å². The number of esters is 1. The summed E-state index contributed by atoms with van der Waals surface area (Å²) in [4.78, 5) is 13.9. The van der Waals surface area contributed by atoms with Crippen molar-refractivity contribution in [1.29, 1.82) is 0 Å². The second-order valence-corrected chi connectivity index (χ2v) is 6.31. The number of piperidine rings is 1. The van der Waals surface area contributed by atoms with Crippen molar-refractivity contribution in [3.8, 4) is 0 Å². The van der Waals surface area contributed by atoms with Crippen molar-refractivity contribution in [2.75, 3.05) is 19.7 Å². The van der Waals surface area contributed by atoms with Crippen molar-refractivity contribution in [1.82, 2.24) is 4.90 Å². The Kier molecular flexibility index (Phi) is 5.60. The molecule has 0 aliphatic carbocycles. The molecule has 1 rings (SSSR count). The average molecular weight is 257 g/mol. The Labute approximate surface area is 110 Å². The van der Waals surface area contributed by atoms with Gasteiger partial charge in [0.25, 0.3) is 0 Å². The van der Waals surface area contributed by atoms with Crippen LogP contribution in [-0.2, 0) is 9.53 Å². The van der Waals surface area contributed by atoms with Crippen LogP contribution in [0.1, 0.15) is 47.0 Å². The minimum atomic E-state index is -0.405. The quantitative estimate of drug-likeness (QED) is 0.780. The van der Waals surface area contributed by atoms with Gasteiger partial charge in [-0.3, -0.25) is 9.69 Å². The summed E-state index contributed by atoms with van der Waals surface area (Å²) in [5.74, 6) is 0.223. The average Bonchev–Trinajstić information content (AvgIpc) is 2.25. The summed E-state index contributed by atoms with van der Waals surface area (Å²) in [5, 5.41) is 9.21. The second kappa shape index (κ2) is 6.53. The van der Waals surface area contributed by atoms with E-state index in [1.807, 2.05) is 20.8 Å². The molecule has 0 aromatic heterocycles. The van der Waals surface area contributed by atoms with Gasteiger partial charge in [0.2, 0.25) is 0 Å². The number of carbonyl (C=O) groups excluding carboxylic acids is 1. The molecule has 2 atom stereocenters. The van der Waals surface area contributed by atoms with Gasteiger partial charge in [0.05, 0.1) is 6.42 Å². The van der Waals surface area contributed by atoms with E-state index >= 15 is 0 Å². The minimum absolute atomic E-state index is 0.138. The summed E-state index contributed by atoms with van der Waals surface area (Å²) < 4.78 is 5.30. The standard InChI is InChI=1S/C14H27NO3/c1-11-5-6-12(10-16)9-15(11)8-7-13(17)18-14(2,3)4/h11-12,16H,5-10H2,1-4H3. The van der Waals surface area contributed by atoms with Crippen LogP contribution in [0.25, 0.3) is 0 Å². The van der Waals surface area contributed by atoms with Crippen LogP contribution in [0.4, 0.5) is 0 Å². The van der Waals surface area contributed by atoms with Gasteiger partial charge in [-0.05, 0) is 46.5 Å². The molecule has 1 saturated heterocycles. The van der Waals surface area contributed by atoms with E-state index in [2.05, 4.69) is 11.8 Å². The lowest BCUT2D eigenvalue weighted by Crippen LogP contribution is -2.44. The summed E-state index contributed by atoms with van der Waals surface area (Å²) in [6.07, 6.45) is 2.61. The topological polar surface area (TPSA) is 49.8 Å². The zero-order valence-electron chi connectivity index (χ0n) is 12.1. The summed E-state index contributed by atoms with van der Waals surface area (Å²) >= 11 is 0. The van der Waals surface area contributed by atoms with Crippen molar-refractivity contribution >= 4 is 5.97 Å². The van der Waals surface area contributed by atoms with Gasteiger partial charge in [-0.1, -0.05) is 0 Å². The first-order valence-electron chi connectivity index (χ1n) is 6.88. The molecule has 4 nitrogen and oxygen atoms in total. The van der Waals surface area contributed by atoms with E-state index < -0.39 is 5.60 Å². The van der Waals surface area contributed by atoms with Crippen LogP contribution in [0.15, 0.2) is 0 Å². The lowest BCUT2D eigenvalue weighted by Gasteiger charge is -2.37. The Morgan fingerprint density at radius 3 is 2.61 bits per heavy atom. The number of ether oxygens (including phenoxy) is 1. The summed E-state index contributed by atoms with van der Waals surface area (Å²) in [5.41, 5.74) is -0.405. The number of nitrogens with zero attached hydrogens (tertiary/aromatic N) is 1. The number of aliphatic hydroxyl groups is 1. The third kappa shape index (κ3) is 5.36. The largest absolute Gasteiger partial charge is 0.460 e. The van der Waals surface area contributed by atoms with Crippen LogP contribution in [0.3, 0.4) is 0 Å². The smallest absolute Gasteiger partial charge is 0.307 e. The highest BCUT2D eigenvalue weighted by Gasteiger charge is 2.25. The van der Waals surface area contributed by atoms with E-state index in [1.165, 1.54) is 0 Å². The fraction of sp³-hybridized carbons (Fsp3) is 0.929. The van der Waals surface area contributed by atoms with Crippen LogP contribution in [0.2, 0.25) is 0 Å². The fourth-order valence-electron chi connectivity index (χ4n) is 2.35. The zero-order valence-corrected chi connectivity index (χ0v) is 12.1. The molecule has 1 heterocycles. The maximum absolute atomic E-state index is 11.7. The molecule has 0 bridgehead atoms. The molecule has 1 fully saturated rings. The van der Waals surface area contributed by atoms with Crippen LogP contribution in [0, 0.1) is 5.92 Å². The van der Waals surface area contributed by atoms with Gasteiger partial charge >= 0.3 is 5.97 Å². The number of hydrogen-bond donors (Lipinski definition) is 1. The Bertz CT molecular complexity index is 273. The highest BCUT2D eigenvalue weighted by molar-refractivity contribution is 5.70. The third-order valence-electron chi connectivity index (χ3n) is 3.39. The van der Waals surface area contributed by atoms with Crippen molar-refractivity contribution < 1.29 is 14.6 Å². The van der Waals surface area contributed by atoms with E-state index in [-0.39, 0.29) is 12.6 Å². The van der Waals surface area contributed by atoms with Crippen LogP contribution in [0.5, 0.6) is 0 Å². The molecule has 1 N–H and O–H groups in total. The van der Waals surface area contributed by atoms with Crippen molar-refractivity contribution in [2.24, 2.45) is 5.92 Å². The first kappa shape index (κ1) is 15.4. The summed E-state index contributed by atoms with van der Waals surface area (Å²) in [6.45, 7) is 9.70. The van der Waals surface area contributed by atoms with Crippen molar-refractivity contribution in [3.05, 3.63) is 0 Å². The number of hydrogen-bond acceptors (Lipinski definition) is 4. The van der Waals surface area contributed by atoms with E-state index in [1.54, 1.807) is 0 Å². The summed E-state index contributed by atoms with van der Waals surface area (Å²) in [7, 11) is 0. The van der Waals surface area contributed by atoms with Crippen LogP contribution in [-0.4, -0.2) is 47.3 Å². The second-order valence-electron chi connectivity index (χ2n) is 6.31. The molecule has 106 valence electrons. The Hall–Kier alpha value is -0.610. The van der Waals surface area contributed by atoms with Crippen molar-refractivity contribution in [3.63, 3.8) is 0 Å². The van der Waals surface area contributed by atoms with Gasteiger partial charge in [-0.15, -0.1) is 0 Å². The summed E-state index contributed by atoms with van der Waals surface area (Å²) in [6, 6.07) is 0.496. The molecule has 4 heteroatoms. The number of rotatable bonds is 4. The number of carbonyl (C=O) groups is 1.